The van der Waals surface area contributed by atoms with Crippen LogP contribution in [-0.2, 0) is 52.3 Å². The Kier molecular flexibility index (Phi) is 18.9. The fraction of sp³-hybridized carbons (Fsp3) is 0.590. The van der Waals surface area contributed by atoms with Gasteiger partial charge in [-0.25, -0.2) is 14.4 Å². The van der Waals surface area contributed by atoms with Gasteiger partial charge in [0.2, 0.25) is 0 Å². The van der Waals surface area contributed by atoms with Crippen molar-refractivity contribution in [3.63, 3.8) is 0 Å². The largest absolute Gasteiger partial charge is 0.484 e. The molecule has 3 N–H and O–H groups in total. The molecule has 0 spiro atoms. The smallest absolute Gasteiger partial charge is 0.415 e. The molecule has 18 nitrogen and oxygen atoms in total. The van der Waals surface area contributed by atoms with E-state index in [9.17, 15) is 50.5 Å². The highest BCUT2D eigenvalue weighted by atomic mass is 32.2. The maximum Gasteiger partial charge on any atom is 0.415 e. The summed E-state index contributed by atoms with van der Waals surface area (Å²) >= 11 is 0. The van der Waals surface area contributed by atoms with Crippen LogP contribution >= 0.6 is 0 Å². The Balaban J connectivity index is 1.05. The van der Waals surface area contributed by atoms with Crippen LogP contribution < -0.4 is 18.9 Å². The minimum absolute atomic E-state index is 0.00293. The molecule has 442 valence electrons. The number of fused-ring (bicyclic) bond motifs is 6. The molecule has 8 rings (SSSR count). The number of hydrogen-bond acceptors (Lipinski definition) is 13. The Morgan fingerprint density at radius 2 is 1.11 bits per heavy atom. The van der Waals surface area contributed by atoms with Crippen molar-refractivity contribution in [2.24, 2.45) is 0 Å². The maximum atomic E-state index is 14.7. The SMILES string of the molecule is [2H]C([2H])(CC[C@@H](C(=O)O)N1Cc2c(cc(OC(=O)N3CCS(=O)CC3)c3c2O[C@](C)(CC/C=C(\C)CCC=C(C)C)[C@@H](O)C3)C1=O)N1Cc2c(cc(OC(=O)N3CCS(=O)CC3)c3c2O[C@](C)(CC/C=C(\C)CCC=C(C)C)[C@@H](O)C3)C1=O. The minimum atomic E-state index is -2.53. The molecule has 0 aliphatic carbocycles. The van der Waals surface area contributed by atoms with Crippen molar-refractivity contribution in [3.8, 4) is 23.0 Å². The molecule has 5 atom stereocenters. The molecule has 0 radical (unpaired) electrons. The molecule has 2 aromatic carbocycles. The molecule has 0 saturated carbocycles. The van der Waals surface area contributed by atoms with Crippen LogP contribution in [0.5, 0.6) is 23.0 Å². The average Bonchev–Trinajstić information content (AvgIpc) is 2.02. The van der Waals surface area contributed by atoms with Crippen LogP contribution in [0.25, 0.3) is 0 Å². The Labute approximate surface area is 484 Å². The molecule has 20 heteroatoms. The van der Waals surface area contributed by atoms with Crippen molar-refractivity contribution in [1.29, 1.82) is 0 Å². The predicted octanol–water partition coefficient (Wildman–Crippen LogP) is 8.71. The summed E-state index contributed by atoms with van der Waals surface area (Å²) in [6.45, 7) is 13.5. The van der Waals surface area contributed by atoms with Gasteiger partial charge in [-0.2, -0.15) is 0 Å². The zero-order valence-corrected chi connectivity index (χ0v) is 49.8. The van der Waals surface area contributed by atoms with Gasteiger partial charge in [-0.3, -0.25) is 18.0 Å². The van der Waals surface area contributed by atoms with Gasteiger partial charge >= 0.3 is 18.2 Å². The van der Waals surface area contributed by atoms with Crippen molar-refractivity contribution in [2.75, 3.05) is 55.7 Å². The zero-order chi connectivity index (χ0) is 60.3. The zero-order valence-electron chi connectivity index (χ0n) is 50.2. The van der Waals surface area contributed by atoms with Crippen molar-refractivity contribution >= 4 is 51.6 Å². The first kappa shape index (κ1) is 58.4. The number of nitrogens with zero attached hydrogens (tertiary/aromatic N) is 4. The molecular weight excluding hydrogens is 1080 g/mol. The Hall–Kier alpha value is -5.83. The Morgan fingerprint density at radius 3 is 1.54 bits per heavy atom. The highest BCUT2D eigenvalue weighted by Crippen LogP contribution is 2.49. The van der Waals surface area contributed by atoms with E-state index in [4.69, 9.17) is 18.9 Å². The van der Waals surface area contributed by atoms with Crippen molar-refractivity contribution in [1.82, 2.24) is 19.6 Å². The van der Waals surface area contributed by atoms with Gasteiger partial charge in [0.15, 0.2) is 0 Å². The molecule has 6 aliphatic rings. The number of carboxylic acids is 1. The average molecular weight is 1160 g/mol. The number of benzene rings is 2. The highest BCUT2D eigenvalue weighted by Gasteiger charge is 2.48. The van der Waals surface area contributed by atoms with E-state index in [1.807, 2.05) is 6.92 Å². The van der Waals surface area contributed by atoms with Gasteiger partial charge < -0.3 is 53.9 Å². The summed E-state index contributed by atoms with van der Waals surface area (Å²) in [5, 5.41) is 34.4. The molecule has 4 amide bonds. The molecule has 6 heterocycles. The van der Waals surface area contributed by atoms with Crippen LogP contribution in [-0.4, -0.2) is 158 Å². The number of hydrogen-bond donors (Lipinski definition) is 3. The molecule has 2 fully saturated rings. The van der Waals surface area contributed by atoms with E-state index in [1.54, 1.807) is 13.8 Å². The third kappa shape index (κ3) is 14.3. The normalized spacial score (nSPS) is 24.0. The first-order valence-corrected chi connectivity index (χ1v) is 31.3. The van der Waals surface area contributed by atoms with Crippen LogP contribution in [0.15, 0.2) is 58.7 Å². The lowest BCUT2D eigenvalue weighted by Crippen LogP contribution is -2.49. The van der Waals surface area contributed by atoms with E-state index in [-0.39, 0.29) is 109 Å². The molecule has 2 aromatic rings. The summed E-state index contributed by atoms with van der Waals surface area (Å²) in [5.74, 6) is -1.59. The quantitative estimate of drug-likeness (QED) is 0.105. The monoisotopic (exact) mass is 1160 g/mol. The Bertz CT molecular complexity index is 3040. The van der Waals surface area contributed by atoms with Crippen LogP contribution in [0.3, 0.4) is 0 Å². The molecular formula is C61H82N4O14S2. The summed E-state index contributed by atoms with van der Waals surface area (Å²) in [4.78, 5) is 75.0. The first-order valence-electron chi connectivity index (χ1n) is 29.4. The van der Waals surface area contributed by atoms with Crippen LogP contribution in [0.4, 0.5) is 9.59 Å². The summed E-state index contributed by atoms with van der Waals surface area (Å²) in [5.41, 5.74) is 3.75. The third-order valence-corrected chi connectivity index (χ3v) is 19.0. The molecule has 0 unspecified atom stereocenters. The van der Waals surface area contributed by atoms with Crippen LogP contribution in [0.1, 0.15) is 165 Å². The van der Waals surface area contributed by atoms with Gasteiger partial charge in [0.1, 0.15) is 40.2 Å². The van der Waals surface area contributed by atoms with Crippen LogP contribution in [0.2, 0.25) is 0 Å². The van der Waals surface area contributed by atoms with Gasteiger partial charge in [0.25, 0.3) is 11.8 Å². The van der Waals surface area contributed by atoms with Gasteiger partial charge in [0, 0.05) is 115 Å². The second kappa shape index (κ2) is 26.2. The van der Waals surface area contributed by atoms with Crippen molar-refractivity contribution in [3.05, 3.63) is 92.1 Å². The second-order valence-corrected chi connectivity index (χ2v) is 26.7. The number of aliphatic hydroxyl groups is 2. The standard InChI is InChI=1S/C61H82N4O14S2/c1-38(2)14-9-16-40(5)18-11-21-60(7)51(66)34-44-49(76-58(72)62-24-28-80(74)29-25-62)32-42-46(53(44)78-60)36-64(55(42)68)23-13-20-48(57(70)71)65-37-47-43(56(65)69)33-50(77-59(73)63-26-30-81(75)31-27-63)45-35-52(67)61(8,79-54(45)47)22-12-19-41(6)17-10-15-39(3)4/h14-15,18-19,32-33,48,51-52,66-67H,9-13,16-17,20-31,34-37H2,1-8H3,(H,70,71)/b40-18+,41-19+/t48-,51-,52-,60+,61+/m0/s1/i23D2. The summed E-state index contributed by atoms with van der Waals surface area (Å²) in [7, 11) is -2.17. The third-order valence-electron chi connectivity index (χ3n) is 16.5. The van der Waals surface area contributed by atoms with E-state index >= 15 is 0 Å². The summed E-state index contributed by atoms with van der Waals surface area (Å²) < 4.78 is 68.6. The second-order valence-electron chi connectivity index (χ2n) is 23.3. The highest BCUT2D eigenvalue weighted by molar-refractivity contribution is 7.85. The molecule has 6 aliphatic heterocycles. The van der Waals surface area contributed by atoms with Gasteiger partial charge in [-0.1, -0.05) is 46.6 Å². The van der Waals surface area contributed by atoms with Gasteiger partial charge in [-0.05, 0) is 132 Å². The van der Waals surface area contributed by atoms with E-state index in [0.29, 0.717) is 47.9 Å². The number of aliphatic carboxylic acids is 1. The number of carbonyl (C=O) groups is 5. The number of ether oxygens (including phenoxy) is 4. The van der Waals surface area contributed by atoms with Gasteiger partial charge in [-0.15, -0.1) is 0 Å². The first-order chi connectivity index (χ1) is 39.2. The van der Waals surface area contributed by atoms with E-state index in [0.717, 1.165) is 35.5 Å². The molecule has 0 bridgehead atoms. The van der Waals surface area contributed by atoms with E-state index in [1.165, 1.54) is 44.2 Å². The predicted molar refractivity (Wildman–Crippen MR) is 310 cm³/mol. The number of carbonyl (C=O) groups excluding carboxylic acids is 4. The number of rotatable bonds is 20. The number of carboxylic acid groups (broad SMARTS) is 1. The number of amides is 4. The fourth-order valence-corrected chi connectivity index (χ4v) is 13.4. The number of allylic oxidation sites excluding steroid dienone is 8. The van der Waals surface area contributed by atoms with E-state index in [2.05, 4.69) is 58.9 Å². The van der Waals surface area contributed by atoms with Crippen molar-refractivity contribution < 1.29 is 69.4 Å². The van der Waals surface area contributed by atoms with Crippen molar-refractivity contribution in [2.45, 2.75) is 175 Å². The van der Waals surface area contributed by atoms with E-state index < -0.39 is 100 Å². The lowest BCUT2D eigenvalue weighted by Gasteiger charge is -2.41. The number of aliphatic hydroxyl groups excluding tert-OH is 2. The lowest BCUT2D eigenvalue weighted by molar-refractivity contribution is -0.142. The fourth-order valence-electron chi connectivity index (χ4n) is 11.3. The Morgan fingerprint density at radius 1 is 0.679 bits per heavy atom. The van der Waals surface area contributed by atoms with Gasteiger partial charge in [0.05, 0.1) is 36.4 Å². The topological polar surface area (TPSA) is 230 Å². The molecule has 81 heavy (non-hydrogen) atoms. The molecule has 2 saturated heterocycles. The maximum absolute atomic E-state index is 14.7. The lowest BCUT2D eigenvalue weighted by atomic mass is 9.84. The van der Waals surface area contributed by atoms with Crippen LogP contribution in [0, 0.1) is 0 Å². The molecule has 0 aromatic heterocycles. The summed E-state index contributed by atoms with van der Waals surface area (Å²) in [6.07, 6.45) is 9.26. The minimum Gasteiger partial charge on any atom is -0.484 e. The summed E-state index contributed by atoms with van der Waals surface area (Å²) in [6, 6.07) is 1.11.